The second kappa shape index (κ2) is 4.29. The molecule has 0 saturated carbocycles. The van der Waals surface area contributed by atoms with E-state index in [-0.39, 0.29) is 0 Å². The van der Waals surface area contributed by atoms with E-state index in [2.05, 4.69) is 20.6 Å². The molecule has 90 valence electrons. The largest absolute Gasteiger partial charge is 0.361 e. The summed E-state index contributed by atoms with van der Waals surface area (Å²) in [4.78, 5) is 4.42. The maximum absolute atomic E-state index is 5.25. The van der Waals surface area contributed by atoms with Crippen LogP contribution in [0.4, 0.5) is 0 Å². The molecule has 2 aromatic rings. The smallest absolute Gasteiger partial charge is 0.263 e. The first-order valence-electron chi connectivity index (χ1n) is 5.80. The maximum Gasteiger partial charge on any atom is 0.263 e. The van der Waals surface area contributed by atoms with Crippen LogP contribution in [-0.4, -0.2) is 28.4 Å². The van der Waals surface area contributed by atoms with Gasteiger partial charge in [-0.05, 0) is 26.3 Å². The van der Waals surface area contributed by atoms with Crippen LogP contribution in [0.1, 0.15) is 30.3 Å². The lowest BCUT2D eigenvalue weighted by molar-refractivity contribution is 0.389. The average molecular weight is 234 g/mol. The van der Waals surface area contributed by atoms with Gasteiger partial charge in [-0.2, -0.15) is 4.98 Å². The van der Waals surface area contributed by atoms with Gasteiger partial charge < -0.3 is 14.4 Å². The van der Waals surface area contributed by atoms with Gasteiger partial charge in [0.2, 0.25) is 0 Å². The number of aryl methyl sites for hydroxylation is 1. The number of hydrogen-bond acceptors (Lipinski definition) is 6. The summed E-state index contributed by atoms with van der Waals surface area (Å²) in [5.41, 5.74) is 0.771. The SMILES string of the molecule is Cc1oncc1-c1nc(C2CCCNC2)no1. The molecule has 6 heteroatoms. The van der Waals surface area contributed by atoms with Crippen LogP contribution in [0, 0.1) is 6.92 Å². The predicted octanol–water partition coefficient (Wildman–Crippen LogP) is 1.50. The summed E-state index contributed by atoms with van der Waals surface area (Å²) in [5, 5.41) is 11.1. The van der Waals surface area contributed by atoms with Crippen molar-refractivity contribution in [2.75, 3.05) is 13.1 Å². The molecule has 1 N–H and O–H groups in total. The summed E-state index contributed by atoms with van der Waals surface area (Å²) < 4.78 is 10.2. The molecule has 0 radical (unpaired) electrons. The lowest BCUT2D eigenvalue weighted by atomic mass is 9.99. The minimum absolute atomic E-state index is 0.349. The summed E-state index contributed by atoms with van der Waals surface area (Å²) in [5.74, 6) is 2.31. The van der Waals surface area contributed by atoms with Crippen LogP contribution >= 0.6 is 0 Å². The Kier molecular flexibility index (Phi) is 2.64. The van der Waals surface area contributed by atoms with Gasteiger partial charge in [0.25, 0.3) is 5.89 Å². The quantitative estimate of drug-likeness (QED) is 0.848. The van der Waals surface area contributed by atoms with Crippen molar-refractivity contribution in [1.29, 1.82) is 0 Å². The van der Waals surface area contributed by atoms with Crippen molar-refractivity contribution < 1.29 is 9.05 Å². The van der Waals surface area contributed by atoms with Crippen LogP contribution in [0.15, 0.2) is 15.2 Å². The normalized spacial score (nSPS) is 20.6. The average Bonchev–Trinajstić information content (AvgIpc) is 2.98. The maximum atomic E-state index is 5.25. The zero-order chi connectivity index (χ0) is 11.7. The monoisotopic (exact) mass is 234 g/mol. The first-order chi connectivity index (χ1) is 8.34. The molecule has 1 atom stereocenters. The van der Waals surface area contributed by atoms with Crippen molar-refractivity contribution in [1.82, 2.24) is 20.6 Å². The van der Waals surface area contributed by atoms with Crippen molar-refractivity contribution in [2.45, 2.75) is 25.7 Å². The summed E-state index contributed by atoms with van der Waals surface area (Å²) in [6.07, 6.45) is 3.86. The first kappa shape index (κ1) is 10.5. The van der Waals surface area contributed by atoms with Gasteiger partial charge in [-0.3, -0.25) is 0 Å². The molecule has 0 spiro atoms. The van der Waals surface area contributed by atoms with Crippen LogP contribution in [-0.2, 0) is 0 Å². The Hall–Kier alpha value is -1.69. The third-order valence-electron chi connectivity index (χ3n) is 3.08. The molecule has 0 aromatic carbocycles. The van der Waals surface area contributed by atoms with Crippen molar-refractivity contribution >= 4 is 0 Å². The van der Waals surface area contributed by atoms with Gasteiger partial charge in [-0.15, -0.1) is 0 Å². The molecule has 6 nitrogen and oxygen atoms in total. The molecule has 1 aliphatic heterocycles. The van der Waals surface area contributed by atoms with E-state index in [1.54, 1.807) is 6.20 Å². The highest BCUT2D eigenvalue weighted by molar-refractivity contribution is 5.53. The Morgan fingerprint density at radius 2 is 2.35 bits per heavy atom. The van der Waals surface area contributed by atoms with Crippen LogP contribution in [0.25, 0.3) is 11.5 Å². The molecule has 0 aliphatic carbocycles. The Labute approximate surface area is 98.4 Å². The Morgan fingerprint density at radius 1 is 1.41 bits per heavy atom. The van der Waals surface area contributed by atoms with E-state index in [0.29, 0.717) is 17.6 Å². The Balaban J connectivity index is 1.85. The zero-order valence-electron chi connectivity index (χ0n) is 9.64. The first-order valence-corrected chi connectivity index (χ1v) is 5.80. The molecule has 1 fully saturated rings. The van der Waals surface area contributed by atoms with E-state index in [0.717, 1.165) is 37.3 Å². The summed E-state index contributed by atoms with van der Waals surface area (Å²) in [6.45, 7) is 3.82. The van der Waals surface area contributed by atoms with E-state index < -0.39 is 0 Å². The standard InChI is InChI=1S/C11H14N4O2/c1-7-9(6-13-16-7)11-14-10(15-17-11)8-3-2-4-12-5-8/h6,8,12H,2-5H2,1H3. The number of aromatic nitrogens is 3. The van der Waals surface area contributed by atoms with Gasteiger partial charge in [0.1, 0.15) is 11.3 Å². The van der Waals surface area contributed by atoms with Crippen LogP contribution in [0.3, 0.4) is 0 Å². The third kappa shape index (κ3) is 1.95. The number of rotatable bonds is 2. The van der Waals surface area contributed by atoms with Crippen LogP contribution < -0.4 is 5.32 Å². The van der Waals surface area contributed by atoms with Crippen molar-refractivity contribution in [3.05, 3.63) is 17.8 Å². The number of nitrogens with one attached hydrogen (secondary N) is 1. The fourth-order valence-corrected chi connectivity index (χ4v) is 2.09. The molecule has 0 amide bonds. The van der Waals surface area contributed by atoms with Crippen LogP contribution in [0.2, 0.25) is 0 Å². The van der Waals surface area contributed by atoms with Gasteiger partial charge in [0, 0.05) is 12.5 Å². The highest BCUT2D eigenvalue weighted by Crippen LogP contribution is 2.25. The highest BCUT2D eigenvalue weighted by Gasteiger charge is 2.22. The molecule has 2 aromatic heterocycles. The molecule has 3 rings (SSSR count). The molecule has 1 unspecified atom stereocenters. The summed E-state index contributed by atoms with van der Waals surface area (Å²) in [7, 11) is 0. The van der Waals surface area contributed by atoms with Crippen LogP contribution in [0.5, 0.6) is 0 Å². The molecule has 0 bridgehead atoms. The van der Waals surface area contributed by atoms with Crippen molar-refractivity contribution in [2.24, 2.45) is 0 Å². The van der Waals surface area contributed by atoms with Crippen molar-refractivity contribution in [3.8, 4) is 11.5 Å². The van der Waals surface area contributed by atoms with Gasteiger partial charge in [0.05, 0.1) is 6.20 Å². The van der Waals surface area contributed by atoms with E-state index >= 15 is 0 Å². The number of hydrogen-bond donors (Lipinski definition) is 1. The summed E-state index contributed by atoms with van der Waals surface area (Å²) >= 11 is 0. The summed E-state index contributed by atoms with van der Waals surface area (Å²) in [6, 6.07) is 0. The van der Waals surface area contributed by atoms with E-state index in [1.165, 1.54) is 0 Å². The van der Waals surface area contributed by atoms with E-state index in [1.807, 2.05) is 6.92 Å². The molecule has 1 saturated heterocycles. The van der Waals surface area contributed by atoms with E-state index in [4.69, 9.17) is 9.05 Å². The predicted molar refractivity (Wildman–Crippen MR) is 59.4 cm³/mol. The van der Waals surface area contributed by atoms with Gasteiger partial charge in [-0.25, -0.2) is 0 Å². The van der Waals surface area contributed by atoms with Crippen molar-refractivity contribution in [3.63, 3.8) is 0 Å². The fourth-order valence-electron chi connectivity index (χ4n) is 2.09. The highest BCUT2D eigenvalue weighted by atomic mass is 16.5. The second-order valence-corrected chi connectivity index (χ2v) is 4.30. The van der Waals surface area contributed by atoms with E-state index in [9.17, 15) is 0 Å². The molecule has 1 aliphatic rings. The molecule has 3 heterocycles. The second-order valence-electron chi connectivity index (χ2n) is 4.30. The van der Waals surface area contributed by atoms with Gasteiger partial charge in [0.15, 0.2) is 5.82 Å². The lowest BCUT2D eigenvalue weighted by Crippen LogP contribution is -2.28. The Morgan fingerprint density at radius 3 is 3.06 bits per heavy atom. The molecule has 17 heavy (non-hydrogen) atoms. The lowest BCUT2D eigenvalue weighted by Gasteiger charge is -2.19. The number of piperidine rings is 1. The fraction of sp³-hybridized carbons (Fsp3) is 0.545. The topological polar surface area (TPSA) is 77.0 Å². The molecular weight excluding hydrogens is 220 g/mol. The Bertz CT molecular complexity index is 499. The van der Waals surface area contributed by atoms with Gasteiger partial charge in [-0.1, -0.05) is 10.3 Å². The number of nitrogens with zero attached hydrogens (tertiary/aromatic N) is 3. The third-order valence-corrected chi connectivity index (χ3v) is 3.08. The zero-order valence-corrected chi connectivity index (χ0v) is 9.64. The minimum Gasteiger partial charge on any atom is -0.361 e. The van der Waals surface area contributed by atoms with Gasteiger partial charge >= 0.3 is 0 Å². The molecular formula is C11H14N4O2. The minimum atomic E-state index is 0.349.